The van der Waals surface area contributed by atoms with E-state index in [0.717, 1.165) is 0 Å². The van der Waals surface area contributed by atoms with Crippen LogP contribution in [0.25, 0.3) is 0 Å². The molecule has 0 unspecified atom stereocenters. The standard InChI is InChI=1S/C10H6F4N2O/c1-3-2-4(17)16-10-8(14)6(12)5(11)7(13)9(10)15-3/h2H2,1H3,(H,16,17). The van der Waals surface area contributed by atoms with Gasteiger partial charge in [-0.3, -0.25) is 9.79 Å². The van der Waals surface area contributed by atoms with E-state index in [1.165, 1.54) is 6.92 Å². The first-order valence-electron chi connectivity index (χ1n) is 4.61. The van der Waals surface area contributed by atoms with Gasteiger partial charge in [0.2, 0.25) is 5.91 Å². The summed E-state index contributed by atoms with van der Waals surface area (Å²) in [6, 6.07) is 0. The highest BCUT2D eigenvalue weighted by Crippen LogP contribution is 2.36. The molecule has 17 heavy (non-hydrogen) atoms. The van der Waals surface area contributed by atoms with Gasteiger partial charge in [0.15, 0.2) is 23.3 Å². The number of nitrogens with one attached hydrogen (secondary N) is 1. The molecule has 0 radical (unpaired) electrons. The molecule has 90 valence electrons. The quantitative estimate of drug-likeness (QED) is 0.427. The van der Waals surface area contributed by atoms with Gasteiger partial charge in [-0.25, -0.2) is 17.6 Å². The predicted octanol–water partition coefficient (Wildman–Crippen LogP) is 2.68. The molecule has 7 heteroatoms. The van der Waals surface area contributed by atoms with Crippen molar-refractivity contribution in [1.82, 2.24) is 0 Å². The highest BCUT2D eigenvalue weighted by Gasteiger charge is 2.28. The van der Waals surface area contributed by atoms with Crippen molar-refractivity contribution in [3.8, 4) is 0 Å². The number of amides is 1. The number of fused-ring (bicyclic) bond motifs is 1. The molecule has 0 saturated heterocycles. The van der Waals surface area contributed by atoms with Crippen molar-refractivity contribution in [3.63, 3.8) is 0 Å². The molecule has 0 spiro atoms. The van der Waals surface area contributed by atoms with Crippen molar-refractivity contribution in [3.05, 3.63) is 23.3 Å². The lowest BCUT2D eigenvalue weighted by atomic mass is 10.2. The summed E-state index contributed by atoms with van der Waals surface area (Å²) in [4.78, 5) is 14.8. The molecular weight excluding hydrogens is 240 g/mol. The van der Waals surface area contributed by atoms with Crippen LogP contribution < -0.4 is 5.32 Å². The first-order valence-corrected chi connectivity index (χ1v) is 4.61. The number of hydrogen-bond donors (Lipinski definition) is 1. The van der Waals surface area contributed by atoms with Gasteiger partial charge in [0, 0.05) is 5.71 Å². The smallest absolute Gasteiger partial charge is 0.230 e. The summed E-state index contributed by atoms with van der Waals surface area (Å²) < 4.78 is 52.6. The van der Waals surface area contributed by atoms with E-state index in [-0.39, 0.29) is 12.1 Å². The summed E-state index contributed by atoms with van der Waals surface area (Å²) in [5.74, 6) is -7.88. The van der Waals surface area contributed by atoms with E-state index in [4.69, 9.17) is 0 Å². The highest BCUT2D eigenvalue weighted by atomic mass is 19.2. The number of carbonyl (C=O) groups excluding carboxylic acids is 1. The van der Waals surface area contributed by atoms with E-state index in [1.54, 1.807) is 0 Å². The molecule has 1 N–H and O–H groups in total. The molecule has 1 aliphatic heterocycles. The summed E-state index contributed by atoms with van der Waals surface area (Å²) in [6.07, 6.45) is -0.198. The van der Waals surface area contributed by atoms with Crippen LogP contribution in [-0.2, 0) is 4.79 Å². The molecule has 2 rings (SSSR count). The van der Waals surface area contributed by atoms with Gasteiger partial charge in [-0.05, 0) is 6.92 Å². The SMILES string of the molecule is CC1=Nc2c(F)c(F)c(F)c(F)c2NC(=O)C1. The summed E-state index contributed by atoms with van der Waals surface area (Å²) >= 11 is 0. The Bertz CT molecular complexity index is 554. The minimum atomic E-state index is -1.98. The molecule has 1 aromatic rings. The normalized spacial score (nSPS) is 14.9. The Morgan fingerprint density at radius 1 is 1.06 bits per heavy atom. The van der Waals surface area contributed by atoms with Crippen LogP contribution in [0.15, 0.2) is 4.99 Å². The number of aliphatic imine (C=N–C) groups is 1. The molecule has 1 heterocycles. The van der Waals surface area contributed by atoms with Crippen LogP contribution in [0.2, 0.25) is 0 Å². The molecule has 0 atom stereocenters. The molecule has 1 aliphatic rings. The van der Waals surface area contributed by atoms with Crippen LogP contribution in [0.1, 0.15) is 13.3 Å². The van der Waals surface area contributed by atoms with E-state index in [1.807, 2.05) is 5.32 Å². The summed E-state index contributed by atoms with van der Waals surface area (Å²) in [7, 11) is 0. The number of nitrogens with zero attached hydrogens (tertiary/aromatic N) is 1. The highest BCUT2D eigenvalue weighted by molar-refractivity contribution is 6.09. The number of carbonyl (C=O) groups is 1. The van der Waals surface area contributed by atoms with Gasteiger partial charge in [-0.1, -0.05) is 0 Å². The van der Waals surface area contributed by atoms with Gasteiger partial charge in [0.1, 0.15) is 11.4 Å². The van der Waals surface area contributed by atoms with E-state index >= 15 is 0 Å². The van der Waals surface area contributed by atoms with Crippen LogP contribution in [-0.4, -0.2) is 11.6 Å². The number of rotatable bonds is 0. The van der Waals surface area contributed by atoms with Crippen LogP contribution in [0.5, 0.6) is 0 Å². The van der Waals surface area contributed by atoms with Gasteiger partial charge in [-0.15, -0.1) is 0 Å². The van der Waals surface area contributed by atoms with Gasteiger partial charge >= 0.3 is 0 Å². The zero-order valence-corrected chi connectivity index (χ0v) is 8.57. The van der Waals surface area contributed by atoms with Crippen molar-refractivity contribution < 1.29 is 22.4 Å². The second kappa shape index (κ2) is 3.83. The molecule has 0 aliphatic carbocycles. The third kappa shape index (κ3) is 1.77. The molecule has 0 aromatic heterocycles. The van der Waals surface area contributed by atoms with Crippen molar-refractivity contribution >= 4 is 23.0 Å². The van der Waals surface area contributed by atoms with Crippen LogP contribution in [0, 0.1) is 23.3 Å². The minimum absolute atomic E-state index is 0.172. The second-order valence-corrected chi connectivity index (χ2v) is 3.55. The summed E-state index contributed by atoms with van der Waals surface area (Å²) in [5, 5.41) is 1.95. The van der Waals surface area contributed by atoms with E-state index in [0.29, 0.717) is 0 Å². The fraction of sp³-hybridized carbons (Fsp3) is 0.200. The lowest BCUT2D eigenvalue weighted by Crippen LogP contribution is -2.14. The van der Waals surface area contributed by atoms with Crippen LogP contribution in [0.4, 0.5) is 28.9 Å². The Labute approximate surface area is 93.2 Å². The Morgan fingerprint density at radius 2 is 1.65 bits per heavy atom. The first kappa shape index (κ1) is 11.6. The largest absolute Gasteiger partial charge is 0.321 e. The number of hydrogen-bond acceptors (Lipinski definition) is 2. The second-order valence-electron chi connectivity index (χ2n) is 3.55. The van der Waals surface area contributed by atoms with Gasteiger partial charge < -0.3 is 5.32 Å². The van der Waals surface area contributed by atoms with Crippen molar-refractivity contribution in [2.24, 2.45) is 4.99 Å². The van der Waals surface area contributed by atoms with E-state index in [2.05, 4.69) is 4.99 Å². The number of anilines is 1. The van der Waals surface area contributed by atoms with Crippen molar-refractivity contribution in [1.29, 1.82) is 0 Å². The molecule has 1 aromatic carbocycles. The Hall–Kier alpha value is -1.92. The predicted molar refractivity (Wildman–Crippen MR) is 52.3 cm³/mol. The van der Waals surface area contributed by atoms with E-state index in [9.17, 15) is 22.4 Å². The Morgan fingerprint density at radius 3 is 2.29 bits per heavy atom. The molecule has 0 fully saturated rings. The van der Waals surface area contributed by atoms with Crippen molar-refractivity contribution in [2.75, 3.05) is 5.32 Å². The Kier molecular flexibility index (Phi) is 2.60. The molecule has 0 bridgehead atoms. The Balaban J connectivity index is 2.80. The fourth-order valence-electron chi connectivity index (χ4n) is 1.49. The minimum Gasteiger partial charge on any atom is -0.321 e. The van der Waals surface area contributed by atoms with Gasteiger partial charge in [-0.2, -0.15) is 0 Å². The maximum Gasteiger partial charge on any atom is 0.230 e. The molecule has 3 nitrogen and oxygen atoms in total. The maximum absolute atomic E-state index is 13.4. The molecular formula is C10H6F4N2O. The van der Waals surface area contributed by atoms with Gasteiger partial charge in [0.25, 0.3) is 0 Å². The zero-order chi connectivity index (χ0) is 12.7. The first-order chi connectivity index (χ1) is 7.91. The number of benzene rings is 1. The fourth-order valence-corrected chi connectivity index (χ4v) is 1.49. The third-order valence-corrected chi connectivity index (χ3v) is 2.23. The maximum atomic E-state index is 13.4. The topological polar surface area (TPSA) is 41.5 Å². The van der Waals surface area contributed by atoms with Crippen LogP contribution >= 0.6 is 0 Å². The van der Waals surface area contributed by atoms with E-state index < -0.39 is 40.6 Å². The zero-order valence-electron chi connectivity index (χ0n) is 8.57. The lowest BCUT2D eigenvalue weighted by Gasteiger charge is -2.08. The third-order valence-electron chi connectivity index (χ3n) is 2.23. The van der Waals surface area contributed by atoms with Crippen molar-refractivity contribution in [2.45, 2.75) is 13.3 Å². The summed E-state index contributed by atoms with van der Waals surface area (Å²) in [6.45, 7) is 1.40. The summed E-state index contributed by atoms with van der Waals surface area (Å²) in [5.41, 5.74) is -1.33. The average molecular weight is 246 g/mol. The monoisotopic (exact) mass is 246 g/mol. The van der Waals surface area contributed by atoms with Crippen LogP contribution in [0.3, 0.4) is 0 Å². The number of halogens is 4. The average Bonchev–Trinajstić information content (AvgIpc) is 2.42. The molecule has 0 saturated carbocycles. The van der Waals surface area contributed by atoms with Gasteiger partial charge in [0.05, 0.1) is 6.42 Å². The molecule has 1 amide bonds. The lowest BCUT2D eigenvalue weighted by molar-refractivity contribution is -0.115.